The third-order valence-electron chi connectivity index (χ3n) is 2.99. The summed E-state index contributed by atoms with van der Waals surface area (Å²) in [4.78, 5) is 14.0. The quantitative estimate of drug-likeness (QED) is 0.768. The molecule has 1 aliphatic heterocycles. The minimum atomic E-state index is -0.106. The highest BCUT2D eigenvalue weighted by molar-refractivity contribution is 6.00. The van der Waals surface area contributed by atoms with Crippen LogP contribution in [-0.2, 0) is 4.74 Å². The van der Waals surface area contributed by atoms with Crippen LogP contribution in [0, 0.1) is 0 Å². The standard InChI is InChI=1S/C13H18N2O3/c1-14-9-13(17)11-8-10(2-3-12(11)16)15-4-6-18-7-5-15/h2-3,8,14,16H,4-7,9H2,1H3. The molecule has 5 heteroatoms. The van der Waals surface area contributed by atoms with Crippen LogP contribution in [0.25, 0.3) is 0 Å². The van der Waals surface area contributed by atoms with Crippen LogP contribution < -0.4 is 10.2 Å². The maximum atomic E-state index is 11.8. The Morgan fingerprint density at radius 3 is 2.83 bits per heavy atom. The predicted molar refractivity (Wildman–Crippen MR) is 69.4 cm³/mol. The van der Waals surface area contributed by atoms with E-state index in [1.54, 1.807) is 19.2 Å². The first kappa shape index (κ1) is 12.9. The first-order chi connectivity index (χ1) is 8.72. The molecule has 2 N–H and O–H groups in total. The van der Waals surface area contributed by atoms with Gasteiger partial charge in [0.1, 0.15) is 5.75 Å². The van der Waals surface area contributed by atoms with Crippen LogP contribution in [0.1, 0.15) is 10.4 Å². The number of phenols is 1. The smallest absolute Gasteiger partial charge is 0.180 e. The van der Waals surface area contributed by atoms with Gasteiger partial charge in [-0.05, 0) is 25.2 Å². The lowest BCUT2D eigenvalue weighted by Gasteiger charge is -2.29. The van der Waals surface area contributed by atoms with Crippen molar-refractivity contribution >= 4 is 11.5 Å². The second-order valence-electron chi connectivity index (χ2n) is 4.25. The zero-order valence-corrected chi connectivity index (χ0v) is 10.5. The van der Waals surface area contributed by atoms with E-state index in [-0.39, 0.29) is 18.1 Å². The summed E-state index contributed by atoms with van der Waals surface area (Å²) < 4.78 is 5.29. The van der Waals surface area contributed by atoms with Crippen LogP contribution >= 0.6 is 0 Å². The number of morpholine rings is 1. The molecule has 2 rings (SSSR count). The Morgan fingerprint density at radius 2 is 2.17 bits per heavy atom. The third kappa shape index (κ3) is 2.80. The van der Waals surface area contributed by atoms with Gasteiger partial charge in [0.25, 0.3) is 0 Å². The SMILES string of the molecule is CNCC(=O)c1cc(N2CCOCC2)ccc1O. The van der Waals surface area contributed by atoms with Gasteiger partial charge in [0.2, 0.25) is 0 Å². The van der Waals surface area contributed by atoms with Crippen LogP contribution in [0.2, 0.25) is 0 Å². The molecule has 0 radical (unpaired) electrons. The molecular formula is C13H18N2O3. The summed E-state index contributed by atoms with van der Waals surface area (Å²) >= 11 is 0. The molecule has 5 nitrogen and oxygen atoms in total. The number of hydrogen-bond donors (Lipinski definition) is 2. The molecule has 0 aromatic heterocycles. The molecule has 18 heavy (non-hydrogen) atoms. The van der Waals surface area contributed by atoms with Crippen molar-refractivity contribution in [1.82, 2.24) is 5.32 Å². The molecule has 0 unspecified atom stereocenters. The Bertz CT molecular complexity index is 428. The number of aromatic hydroxyl groups is 1. The third-order valence-corrected chi connectivity index (χ3v) is 2.99. The average Bonchev–Trinajstić information content (AvgIpc) is 2.40. The number of carbonyl (C=O) groups excluding carboxylic acids is 1. The number of Topliss-reactive ketones (excluding diaryl/α,β-unsaturated/α-hetero) is 1. The lowest BCUT2D eigenvalue weighted by atomic mass is 10.1. The van der Waals surface area contributed by atoms with Crippen LogP contribution in [0.4, 0.5) is 5.69 Å². The number of nitrogens with zero attached hydrogens (tertiary/aromatic N) is 1. The molecule has 0 aliphatic carbocycles. The summed E-state index contributed by atoms with van der Waals surface area (Å²) in [6.45, 7) is 3.23. The molecule has 1 aromatic rings. The summed E-state index contributed by atoms with van der Waals surface area (Å²) in [6.07, 6.45) is 0. The highest BCUT2D eigenvalue weighted by Crippen LogP contribution is 2.25. The fourth-order valence-electron chi connectivity index (χ4n) is 2.02. The average molecular weight is 250 g/mol. The van der Waals surface area contributed by atoms with Crippen molar-refractivity contribution in [3.63, 3.8) is 0 Å². The number of phenolic OH excluding ortho intramolecular Hbond substituents is 1. The van der Waals surface area contributed by atoms with Crippen molar-refractivity contribution in [2.75, 3.05) is 44.8 Å². The topological polar surface area (TPSA) is 61.8 Å². The minimum absolute atomic E-state index is 0.0345. The number of benzene rings is 1. The van der Waals surface area contributed by atoms with Crippen LogP contribution in [-0.4, -0.2) is 50.8 Å². The van der Waals surface area contributed by atoms with E-state index in [1.165, 1.54) is 0 Å². The van der Waals surface area contributed by atoms with Gasteiger partial charge in [-0.15, -0.1) is 0 Å². The van der Waals surface area contributed by atoms with E-state index >= 15 is 0 Å². The van der Waals surface area contributed by atoms with Gasteiger partial charge in [0.05, 0.1) is 25.3 Å². The highest BCUT2D eigenvalue weighted by Gasteiger charge is 2.16. The number of rotatable bonds is 4. The summed E-state index contributed by atoms with van der Waals surface area (Å²) in [7, 11) is 1.71. The van der Waals surface area contributed by atoms with Crippen molar-refractivity contribution < 1.29 is 14.6 Å². The first-order valence-corrected chi connectivity index (χ1v) is 6.06. The fraction of sp³-hybridized carbons (Fsp3) is 0.462. The number of nitrogens with one attached hydrogen (secondary N) is 1. The van der Waals surface area contributed by atoms with Crippen molar-refractivity contribution in [3.8, 4) is 5.75 Å². The van der Waals surface area contributed by atoms with Gasteiger partial charge in [0, 0.05) is 18.8 Å². The Morgan fingerprint density at radius 1 is 1.44 bits per heavy atom. The summed E-state index contributed by atoms with van der Waals surface area (Å²) in [5.74, 6) is -0.0719. The van der Waals surface area contributed by atoms with E-state index in [4.69, 9.17) is 4.74 Å². The number of likely N-dealkylation sites (N-methyl/N-ethyl adjacent to an activating group) is 1. The molecule has 98 valence electrons. The lowest BCUT2D eigenvalue weighted by Crippen LogP contribution is -2.36. The normalized spacial score (nSPS) is 15.7. The fourth-order valence-corrected chi connectivity index (χ4v) is 2.02. The molecule has 0 bridgehead atoms. The Balaban J connectivity index is 2.22. The van der Waals surface area contributed by atoms with Gasteiger partial charge in [-0.2, -0.15) is 0 Å². The van der Waals surface area contributed by atoms with Gasteiger partial charge in [-0.25, -0.2) is 0 Å². The minimum Gasteiger partial charge on any atom is -0.507 e. The Hall–Kier alpha value is -1.59. The van der Waals surface area contributed by atoms with E-state index in [0.717, 1.165) is 18.8 Å². The van der Waals surface area contributed by atoms with E-state index < -0.39 is 0 Å². The Labute approximate surface area is 106 Å². The van der Waals surface area contributed by atoms with E-state index in [9.17, 15) is 9.90 Å². The molecular weight excluding hydrogens is 232 g/mol. The van der Waals surface area contributed by atoms with Gasteiger partial charge in [-0.1, -0.05) is 0 Å². The zero-order valence-electron chi connectivity index (χ0n) is 10.5. The van der Waals surface area contributed by atoms with Crippen LogP contribution in [0.15, 0.2) is 18.2 Å². The highest BCUT2D eigenvalue weighted by atomic mass is 16.5. The maximum Gasteiger partial charge on any atom is 0.180 e. The van der Waals surface area contributed by atoms with Crippen molar-refractivity contribution in [3.05, 3.63) is 23.8 Å². The van der Waals surface area contributed by atoms with Crippen molar-refractivity contribution in [1.29, 1.82) is 0 Å². The summed E-state index contributed by atoms with van der Waals surface area (Å²) in [6, 6.07) is 5.16. The molecule has 1 aliphatic rings. The molecule has 1 fully saturated rings. The molecule has 1 aromatic carbocycles. The number of anilines is 1. The zero-order chi connectivity index (χ0) is 13.0. The van der Waals surface area contributed by atoms with E-state index in [1.807, 2.05) is 6.07 Å². The monoisotopic (exact) mass is 250 g/mol. The number of hydrogen-bond acceptors (Lipinski definition) is 5. The van der Waals surface area contributed by atoms with Gasteiger partial charge in [-0.3, -0.25) is 4.79 Å². The predicted octanol–water partition coefficient (Wildman–Crippen LogP) is 0.631. The second kappa shape index (κ2) is 5.84. The first-order valence-electron chi connectivity index (χ1n) is 6.06. The Kier molecular flexibility index (Phi) is 4.17. The number of ether oxygens (including phenoxy) is 1. The summed E-state index contributed by atoms with van der Waals surface area (Å²) in [5, 5.41) is 12.5. The molecule has 0 atom stereocenters. The molecule has 0 spiro atoms. The molecule has 0 saturated carbocycles. The molecule has 0 amide bonds. The van der Waals surface area contributed by atoms with Gasteiger partial charge in [0.15, 0.2) is 5.78 Å². The van der Waals surface area contributed by atoms with E-state index in [0.29, 0.717) is 18.8 Å². The molecule has 1 saturated heterocycles. The summed E-state index contributed by atoms with van der Waals surface area (Å²) in [5.41, 5.74) is 1.32. The van der Waals surface area contributed by atoms with Crippen molar-refractivity contribution in [2.24, 2.45) is 0 Å². The number of ketones is 1. The van der Waals surface area contributed by atoms with Gasteiger partial charge >= 0.3 is 0 Å². The van der Waals surface area contributed by atoms with Gasteiger partial charge < -0.3 is 20.1 Å². The lowest BCUT2D eigenvalue weighted by molar-refractivity contribution is 0.0991. The van der Waals surface area contributed by atoms with Crippen molar-refractivity contribution in [2.45, 2.75) is 0 Å². The maximum absolute atomic E-state index is 11.8. The van der Waals surface area contributed by atoms with E-state index in [2.05, 4.69) is 10.2 Å². The van der Waals surface area contributed by atoms with Crippen LogP contribution in [0.5, 0.6) is 5.75 Å². The van der Waals surface area contributed by atoms with Crippen LogP contribution in [0.3, 0.4) is 0 Å². The second-order valence-corrected chi connectivity index (χ2v) is 4.25. The largest absolute Gasteiger partial charge is 0.507 e. The molecule has 1 heterocycles. The number of carbonyl (C=O) groups is 1.